The molecule has 0 aliphatic heterocycles. The van der Waals surface area contributed by atoms with Crippen molar-refractivity contribution in [1.29, 1.82) is 0 Å². The quantitative estimate of drug-likeness (QED) is 0.707. The van der Waals surface area contributed by atoms with E-state index >= 15 is 0 Å². The van der Waals surface area contributed by atoms with Crippen LogP contribution >= 0.6 is 0 Å². The summed E-state index contributed by atoms with van der Waals surface area (Å²) in [4.78, 5) is 4.57. The van der Waals surface area contributed by atoms with Crippen molar-refractivity contribution in [2.24, 2.45) is 0 Å². The highest BCUT2D eigenvalue weighted by molar-refractivity contribution is 5.35. The molecule has 19 heavy (non-hydrogen) atoms. The Balaban J connectivity index is 1.79. The van der Waals surface area contributed by atoms with Crippen LogP contribution in [0.15, 0.2) is 18.2 Å². The van der Waals surface area contributed by atoms with Crippen LogP contribution in [0.5, 0.6) is 0 Å². The summed E-state index contributed by atoms with van der Waals surface area (Å²) in [6.07, 6.45) is 2.63. The maximum atomic E-state index is 5.30. The minimum atomic E-state index is 0.0417. The average Bonchev–Trinajstić information content (AvgIpc) is 3.26. The van der Waals surface area contributed by atoms with Gasteiger partial charge in [-0.05, 0) is 25.0 Å². The lowest BCUT2D eigenvalue weighted by Crippen LogP contribution is -2.27. The van der Waals surface area contributed by atoms with Crippen LogP contribution in [0.3, 0.4) is 0 Å². The van der Waals surface area contributed by atoms with Gasteiger partial charge in [0.15, 0.2) is 0 Å². The van der Waals surface area contributed by atoms with Gasteiger partial charge in [-0.2, -0.15) is 0 Å². The summed E-state index contributed by atoms with van der Waals surface area (Å²) in [6.45, 7) is 2.11. The van der Waals surface area contributed by atoms with Crippen molar-refractivity contribution in [1.82, 2.24) is 10.3 Å². The van der Waals surface area contributed by atoms with Gasteiger partial charge >= 0.3 is 0 Å². The number of hydrogen-bond acceptors (Lipinski definition) is 5. The molecular formula is C14H23N3O2. The first-order chi connectivity index (χ1) is 9.31. The van der Waals surface area contributed by atoms with E-state index in [-0.39, 0.29) is 6.10 Å². The van der Waals surface area contributed by atoms with Gasteiger partial charge in [-0.25, -0.2) is 4.98 Å². The van der Waals surface area contributed by atoms with Crippen LogP contribution in [0.4, 0.5) is 5.82 Å². The Bertz CT molecular complexity index is 383. The number of methoxy groups -OCH3 is 2. The van der Waals surface area contributed by atoms with Gasteiger partial charge in [0.2, 0.25) is 0 Å². The number of anilines is 1. The van der Waals surface area contributed by atoms with Crippen LogP contribution in [0.1, 0.15) is 18.5 Å². The van der Waals surface area contributed by atoms with Crippen LogP contribution in [-0.4, -0.2) is 44.5 Å². The molecule has 0 aromatic carbocycles. The van der Waals surface area contributed by atoms with Crippen LogP contribution in [0.2, 0.25) is 0 Å². The zero-order chi connectivity index (χ0) is 13.5. The highest BCUT2D eigenvalue weighted by atomic mass is 16.5. The number of aromatic nitrogens is 1. The number of hydrogen-bond donors (Lipinski definition) is 2. The summed E-state index contributed by atoms with van der Waals surface area (Å²) in [5.74, 6) is 0.883. The first-order valence-electron chi connectivity index (χ1n) is 6.76. The Kier molecular flexibility index (Phi) is 5.57. The highest BCUT2D eigenvalue weighted by Crippen LogP contribution is 2.19. The fourth-order valence-corrected chi connectivity index (χ4v) is 1.83. The minimum Gasteiger partial charge on any atom is -0.382 e. The normalized spacial score (nSPS) is 16.3. The Morgan fingerprint density at radius 1 is 1.37 bits per heavy atom. The molecule has 0 radical (unpaired) electrons. The third-order valence-corrected chi connectivity index (χ3v) is 3.15. The third-order valence-electron chi connectivity index (χ3n) is 3.15. The summed E-state index contributed by atoms with van der Waals surface area (Å²) in [5.41, 5.74) is 1.07. The Hall–Kier alpha value is -1.17. The topological polar surface area (TPSA) is 55.4 Å². The largest absolute Gasteiger partial charge is 0.382 e. The molecule has 1 aliphatic rings. The molecule has 1 aromatic rings. The van der Waals surface area contributed by atoms with Crippen molar-refractivity contribution in [3.63, 3.8) is 0 Å². The maximum Gasteiger partial charge on any atom is 0.126 e. The first kappa shape index (κ1) is 14.2. The fourth-order valence-electron chi connectivity index (χ4n) is 1.83. The van der Waals surface area contributed by atoms with Crippen molar-refractivity contribution in [2.45, 2.75) is 31.5 Å². The predicted molar refractivity (Wildman–Crippen MR) is 75.3 cm³/mol. The predicted octanol–water partition coefficient (Wildman–Crippen LogP) is 1.41. The lowest BCUT2D eigenvalue weighted by molar-refractivity contribution is 0.0365. The van der Waals surface area contributed by atoms with E-state index in [0.29, 0.717) is 19.2 Å². The molecule has 106 valence electrons. The molecule has 0 saturated heterocycles. The number of nitrogens with zero attached hydrogens (tertiary/aromatic N) is 1. The SMILES string of the molecule is COCC(CNc1cccc(CNC2CC2)n1)OC. The van der Waals surface area contributed by atoms with Gasteiger partial charge in [-0.3, -0.25) is 0 Å². The molecule has 1 aliphatic carbocycles. The van der Waals surface area contributed by atoms with Gasteiger partial charge in [0, 0.05) is 33.4 Å². The molecule has 5 heteroatoms. The standard InChI is InChI=1S/C14H23N3O2/c1-18-10-13(19-2)9-16-14-5-3-4-12(17-14)8-15-11-6-7-11/h3-5,11,13,15H,6-10H2,1-2H3,(H,16,17). The molecule has 2 rings (SSSR count). The molecule has 2 N–H and O–H groups in total. The Morgan fingerprint density at radius 3 is 2.89 bits per heavy atom. The molecule has 1 atom stereocenters. The van der Waals surface area contributed by atoms with Gasteiger partial charge in [0.05, 0.1) is 18.4 Å². The van der Waals surface area contributed by atoms with E-state index in [1.54, 1.807) is 14.2 Å². The van der Waals surface area contributed by atoms with E-state index in [1.807, 2.05) is 18.2 Å². The van der Waals surface area contributed by atoms with Gasteiger partial charge in [0.25, 0.3) is 0 Å². The zero-order valence-corrected chi connectivity index (χ0v) is 11.7. The first-order valence-corrected chi connectivity index (χ1v) is 6.76. The Labute approximate surface area is 114 Å². The zero-order valence-electron chi connectivity index (χ0n) is 11.7. The van der Waals surface area contributed by atoms with Gasteiger partial charge in [-0.15, -0.1) is 0 Å². The molecule has 0 amide bonds. The molecule has 1 aromatic heterocycles. The smallest absolute Gasteiger partial charge is 0.126 e. The second-order valence-corrected chi connectivity index (χ2v) is 4.86. The van der Waals surface area contributed by atoms with Crippen molar-refractivity contribution >= 4 is 5.82 Å². The second kappa shape index (κ2) is 7.43. The number of ether oxygens (including phenoxy) is 2. The van der Waals surface area contributed by atoms with Crippen molar-refractivity contribution < 1.29 is 9.47 Å². The molecule has 1 unspecified atom stereocenters. The molecule has 1 heterocycles. The van der Waals surface area contributed by atoms with Gasteiger partial charge < -0.3 is 20.1 Å². The van der Waals surface area contributed by atoms with E-state index in [0.717, 1.165) is 18.1 Å². The molecule has 0 spiro atoms. The summed E-state index contributed by atoms with van der Waals surface area (Å²) < 4.78 is 10.4. The van der Waals surface area contributed by atoms with Crippen LogP contribution < -0.4 is 10.6 Å². The summed E-state index contributed by atoms with van der Waals surface area (Å²) in [5, 5.41) is 6.74. The van der Waals surface area contributed by atoms with Crippen LogP contribution in [0, 0.1) is 0 Å². The second-order valence-electron chi connectivity index (χ2n) is 4.86. The van der Waals surface area contributed by atoms with Crippen molar-refractivity contribution in [2.75, 3.05) is 32.7 Å². The van der Waals surface area contributed by atoms with Gasteiger partial charge in [0.1, 0.15) is 5.82 Å². The lowest BCUT2D eigenvalue weighted by Gasteiger charge is -2.15. The maximum absolute atomic E-state index is 5.30. The van der Waals surface area contributed by atoms with Crippen LogP contribution in [-0.2, 0) is 16.0 Å². The molecule has 1 saturated carbocycles. The van der Waals surface area contributed by atoms with Crippen molar-refractivity contribution in [3.8, 4) is 0 Å². The summed E-state index contributed by atoms with van der Waals surface area (Å²) in [6, 6.07) is 6.75. The number of pyridine rings is 1. The summed E-state index contributed by atoms with van der Waals surface area (Å²) in [7, 11) is 3.36. The number of nitrogens with one attached hydrogen (secondary N) is 2. The third kappa shape index (κ3) is 5.14. The molecule has 5 nitrogen and oxygen atoms in total. The molecule has 0 bridgehead atoms. The fraction of sp³-hybridized carbons (Fsp3) is 0.643. The lowest BCUT2D eigenvalue weighted by atomic mass is 10.3. The van der Waals surface area contributed by atoms with Crippen LogP contribution in [0.25, 0.3) is 0 Å². The Morgan fingerprint density at radius 2 is 2.21 bits per heavy atom. The van der Waals surface area contributed by atoms with E-state index in [2.05, 4.69) is 15.6 Å². The minimum absolute atomic E-state index is 0.0417. The van der Waals surface area contributed by atoms with E-state index in [9.17, 15) is 0 Å². The average molecular weight is 265 g/mol. The van der Waals surface area contributed by atoms with E-state index in [1.165, 1.54) is 12.8 Å². The van der Waals surface area contributed by atoms with Gasteiger partial charge in [-0.1, -0.05) is 6.07 Å². The van der Waals surface area contributed by atoms with E-state index < -0.39 is 0 Å². The molecule has 1 fully saturated rings. The summed E-state index contributed by atoms with van der Waals surface area (Å²) >= 11 is 0. The highest BCUT2D eigenvalue weighted by Gasteiger charge is 2.20. The monoisotopic (exact) mass is 265 g/mol. The molecular weight excluding hydrogens is 242 g/mol. The number of rotatable bonds is 9. The van der Waals surface area contributed by atoms with Crippen molar-refractivity contribution in [3.05, 3.63) is 23.9 Å². The van der Waals surface area contributed by atoms with E-state index in [4.69, 9.17) is 9.47 Å².